The lowest BCUT2D eigenvalue weighted by Crippen LogP contribution is -2.32. The van der Waals surface area contributed by atoms with Crippen LogP contribution >= 0.6 is 22.7 Å². The normalized spacial score (nSPS) is 16.7. The van der Waals surface area contributed by atoms with Gasteiger partial charge in [-0.25, -0.2) is 9.97 Å². The Kier molecular flexibility index (Phi) is 4.41. The van der Waals surface area contributed by atoms with Gasteiger partial charge in [-0.15, -0.1) is 22.7 Å². The molecule has 4 heterocycles. The van der Waals surface area contributed by atoms with Gasteiger partial charge >= 0.3 is 0 Å². The monoisotopic (exact) mass is 357 g/mol. The summed E-state index contributed by atoms with van der Waals surface area (Å²) in [5.74, 6) is 1.09. The Morgan fingerprint density at radius 2 is 2.12 bits per heavy atom. The number of rotatable bonds is 4. The fraction of sp³-hybridized carbons (Fsp3) is 0.474. The standard InChI is InChI=1S/C19H23N3S2/c1-12(2)18-21-15-6-8-22(11-17(15)24-18)10-13(3)16-9-14-5-4-7-20-19(14)23-16/h4-5,7,9,12-13H,6,8,10-11H2,1-3H3. The van der Waals surface area contributed by atoms with E-state index in [0.29, 0.717) is 11.8 Å². The van der Waals surface area contributed by atoms with E-state index in [9.17, 15) is 0 Å². The Bertz CT molecular complexity index is 816. The number of nitrogens with zero attached hydrogens (tertiary/aromatic N) is 3. The lowest BCUT2D eigenvalue weighted by molar-refractivity contribution is 0.244. The molecule has 0 aliphatic carbocycles. The third-order valence-corrected chi connectivity index (χ3v) is 7.32. The van der Waals surface area contributed by atoms with Crippen LogP contribution in [-0.2, 0) is 13.0 Å². The summed E-state index contributed by atoms with van der Waals surface area (Å²) in [7, 11) is 0. The average molecular weight is 358 g/mol. The average Bonchev–Trinajstić information content (AvgIpc) is 3.18. The van der Waals surface area contributed by atoms with Crippen molar-refractivity contribution in [2.24, 2.45) is 0 Å². The molecule has 1 atom stereocenters. The third kappa shape index (κ3) is 3.13. The summed E-state index contributed by atoms with van der Waals surface area (Å²) in [6.07, 6.45) is 2.98. The van der Waals surface area contributed by atoms with E-state index >= 15 is 0 Å². The Morgan fingerprint density at radius 1 is 1.25 bits per heavy atom. The van der Waals surface area contributed by atoms with Crippen molar-refractivity contribution >= 4 is 32.9 Å². The van der Waals surface area contributed by atoms with Gasteiger partial charge in [0.2, 0.25) is 0 Å². The van der Waals surface area contributed by atoms with Gasteiger partial charge in [0, 0.05) is 59.2 Å². The van der Waals surface area contributed by atoms with Crippen LogP contribution < -0.4 is 0 Å². The van der Waals surface area contributed by atoms with Crippen molar-refractivity contribution in [3.63, 3.8) is 0 Å². The lowest BCUT2D eigenvalue weighted by atomic mass is 10.1. The third-order valence-electron chi connectivity index (χ3n) is 4.65. The Hall–Kier alpha value is -1.30. The summed E-state index contributed by atoms with van der Waals surface area (Å²) in [5.41, 5.74) is 1.35. The molecule has 0 amide bonds. The van der Waals surface area contributed by atoms with E-state index in [-0.39, 0.29) is 0 Å². The van der Waals surface area contributed by atoms with E-state index in [4.69, 9.17) is 4.98 Å². The Balaban J connectivity index is 1.47. The molecular weight excluding hydrogens is 334 g/mol. The van der Waals surface area contributed by atoms with Crippen molar-refractivity contribution in [2.75, 3.05) is 13.1 Å². The Morgan fingerprint density at radius 3 is 2.92 bits per heavy atom. The van der Waals surface area contributed by atoms with Crippen molar-refractivity contribution in [1.29, 1.82) is 0 Å². The second-order valence-electron chi connectivity index (χ2n) is 7.01. The number of hydrogen-bond donors (Lipinski definition) is 0. The van der Waals surface area contributed by atoms with Gasteiger partial charge < -0.3 is 0 Å². The quantitative estimate of drug-likeness (QED) is 0.655. The van der Waals surface area contributed by atoms with Crippen LogP contribution in [0.2, 0.25) is 0 Å². The van der Waals surface area contributed by atoms with Crippen LogP contribution in [0.15, 0.2) is 24.4 Å². The molecule has 126 valence electrons. The molecule has 1 aliphatic heterocycles. The first-order valence-electron chi connectivity index (χ1n) is 8.65. The molecule has 4 rings (SSSR count). The number of fused-ring (bicyclic) bond motifs is 2. The second-order valence-corrected chi connectivity index (χ2v) is 9.19. The first-order valence-corrected chi connectivity index (χ1v) is 10.3. The van der Waals surface area contributed by atoms with Gasteiger partial charge in [0.05, 0.1) is 10.7 Å². The van der Waals surface area contributed by atoms with Crippen LogP contribution in [0, 0.1) is 0 Å². The van der Waals surface area contributed by atoms with E-state index in [1.807, 2.05) is 34.9 Å². The number of hydrogen-bond acceptors (Lipinski definition) is 5. The molecule has 0 aromatic carbocycles. The molecule has 0 fully saturated rings. The van der Waals surface area contributed by atoms with Crippen LogP contribution in [-0.4, -0.2) is 28.0 Å². The highest BCUT2D eigenvalue weighted by atomic mass is 32.1. The zero-order valence-electron chi connectivity index (χ0n) is 14.5. The molecular formula is C19H23N3S2. The largest absolute Gasteiger partial charge is 0.297 e. The fourth-order valence-electron chi connectivity index (χ4n) is 3.28. The maximum absolute atomic E-state index is 4.84. The summed E-state index contributed by atoms with van der Waals surface area (Å²) in [4.78, 5) is 16.0. The number of thiophene rings is 1. The van der Waals surface area contributed by atoms with Gasteiger partial charge in [0.1, 0.15) is 4.83 Å². The summed E-state index contributed by atoms with van der Waals surface area (Å²) >= 11 is 3.75. The summed E-state index contributed by atoms with van der Waals surface area (Å²) in [5, 5.41) is 2.57. The van der Waals surface area contributed by atoms with E-state index in [0.717, 1.165) is 30.9 Å². The first kappa shape index (κ1) is 16.2. The molecule has 0 bridgehead atoms. The molecule has 0 radical (unpaired) electrons. The number of aromatic nitrogens is 2. The van der Waals surface area contributed by atoms with E-state index < -0.39 is 0 Å². The van der Waals surface area contributed by atoms with Gasteiger partial charge in [-0.05, 0) is 12.1 Å². The number of pyridine rings is 1. The smallest absolute Gasteiger partial charge is 0.123 e. The second kappa shape index (κ2) is 6.54. The molecule has 1 unspecified atom stereocenters. The Labute approximate surface area is 151 Å². The van der Waals surface area contributed by atoms with Crippen molar-refractivity contribution in [1.82, 2.24) is 14.9 Å². The van der Waals surface area contributed by atoms with Gasteiger partial charge in [-0.3, -0.25) is 4.90 Å². The summed E-state index contributed by atoms with van der Waals surface area (Å²) < 4.78 is 0. The van der Waals surface area contributed by atoms with E-state index in [1.165, 1.54) is 25.8 Å². The maximum atomic E-state index is 4.84. The highest BCUT2D eigenvalue weighted by molar-refractivity contribution is 7.18. The molecule has 5 heteroatoms. The van der Waals surface area contributed by atoms with Crippen LogP contribution in [0.3, 0.4) is 0 Å². The molecule has 3 nitrogen and oxygen atoms in total. The number of thiazole rings is 1. The van der Waals surface area contributed by atoms with E-state index in [2.05, 4.69) is 42.8 Å². The minimum Gasteiger partial charge on any atom is -0.297 e. The van der Waals surface area contributed by atoms with E-state index in [1.54, 1.807) is 0 Å². The first-order chi connectivity index (χ1) is 11.6. The van der Waals surface area contributed by atoms with Crippen molar-refractivity contribution in [3.05, 3.63) is 44.9 Å². The highest BCUT2D eigenvalue weighted by Gasteiger charge is 2.23. The van der Waals surface area contributed by atoms with Gasteiger partial charge in [0.15, 0.2) is 0 Å². The fourth-order valence-corrected chi connectivity index (χ4v) is 5.48. The van der Waals surface area contributed by atoms with Gasteiger partial charge in [0.25, 0.3) is 0 Å². The summed E-state index contributed by atoms with van der Waals surface area (Å²) in [6.45, 7) is 10.1. The van der Waals surface area contributed by atoms with Crippen LogP contribution in [0.25, 0.3) is 10.2 Å². The lowest BCUT2D eigenvalue weighted by Gasteiger charge is -2.28. The zero-order valence-corrected chi connectivity index (χ0v) is 16.1. The van der Waals surface area contributed by atoms with Crippen LogP contribution in [0.1, 0.15) is 53.1 Å². The van der Waals surface area contributed by atoms with Crippen molar-refractivity contribution < 1.29 is 0 Å². The maximum Gasteiger partial charge on any atom is 0.123 e. The molecule has 0 saturated carbocycles. The molecule has 3 aromatic heterocycles. The molecule has 1 aliphatic rings. The van der Waals surface area contributed by atoms with Gasteiger partial charge in [-0.2, -0.15) is 0 Å². The predicted octanol–water partition coefficient (Wildman–Crippen LogP) is 5.04. The zero-order chi connectivity index (χ0) is 16.7. The molecule has 0 spiro atoms. The van der Waals surface area contributed by atoms with Gasteiger partial charge in [-0.1, -0.05) is 26.8 Å². The molecule has 0 N–H and O–H groups in total. The van der Waals surface area contributed by atoms with Crippen LogP contribution in [0.4, 0.5) is 0 Å². The minimum absolute atomic E-state index is 0.541. The molecule has 3 aromatic rings. The molecule has 24 heavy (non-hydrogen) atoms. The minimum atomic E-state index is 0.541. The van der Waals surface area contributed by atoms with Crippen LogP contribution in [0.5, 0.6) is 0 Å². The topological polar surface area (TPSA) is 29.0 Å². The van der Waals surface area contributed by atoms with Crippen molar-refractivity contribution in [2.45, 2.75) is 45.6 Å². The summed E-state index contributed by atoms with van der Waals surface area (Å²) in [6, 6.07) is 6.50. The van der Waals surface area contributed by atoms with Crippen molar-refractivity contribution in [3.8, 4) is 0 Å². The molecule has 0 saturated heterocycles. The highest BCUT2D eigenvalue weighted by Crippen LogP contribution is 2.33. The SMILES string of the molecule is CC(C)c1nc2c(s1)CN(CC(C)c1cc3cccnc3s1)CC2. The predicted molar refractivity (Wildman–Crippen MR) is 103 cm³/mol.